The van der Waals surface area contributed by atoms with Crippen molar-refractivity contribution in [2.75, 3.05) is 12.4 Å². The van der Waals surface area contributed by atoms with Crippen LogP contribution in [0.4, 0.5) is 0 Å². The van der Waals surface area contributed by atoms with Crippen LogP contribution in [-0.2, 0) is 19.6 Å². The largest absolute Gasteiger partial charge is 0.748 e. The summed E-state index contributed by atoms with van der Waals surface area (Å²) in [5.74, 6) is -1.38. The molecule has 0 heterocycles. The number of hydrogen-bond acceptors (Lipinski definition) is 5. The van der Waals surface area contributed by atoms with Gasteiger partial charge < -0.3 is 9.29 Å². The zero-order chi connectivity index (χ0) is 10.5. The number of carbonyl (C=O) groups is 1. The number of esters is 1. The van der Waals surface area contributed by atoms with E-state index in [1.807, 2.05) is 6.92 Å². The van der Waals surface area contributed by atoms with Gasteiger partial charge in [-0.1, -0.05) is 13.8 Å². The average molecular weight is 209 g/mol. The number of carbonyl (C=O) groups excluding carboxylic acids is 1. The second-order valence-corrected chi connectivity index (χ2v) is 4.26. The Morgan fingerprint density at radius 3 is 2.46 bits per heavy atom. The minimum Gasteiger partial charge on any atom is -0.748 e. The minimum absolute atomic E-state index is 0.255. The predicted molar refractivity (Wildman–Crippen MR) is 45.0 cm³/mol. The molecule has 0 aliphatic rings. The molecule has 0 spiro atoms. The predicted octanol–water partition coefficient (Wildman–Crippen LogP) is 0.121. The molecule has 0 aliphatic carbocycles. The monoisotopic (exact) mass is 209 g/mol. The maximum atomic E-state index is 10.9. The molecular formula is C7H13O5S-. The van der Waals surface area contributed by atoms with Gasteiger partial charge in [-0.25, -0.2) is 8.42 Å². The molecule has 1 atom stereocenters. The molecule has 0 amide bonds. The summed E-state index contributed by atoms with van der Waals surface area (Å²) < 4.78 is 34.9. The van der Waals surface area contributed by atoms with Gasteiger partial charge in [-0.2, -0.15) is 0 Å². The molecule has 78 valence electrons. The van der Waals surface area contributed by atoms with Gasteiger partial charge in [0.15, 0.2) is 0 Å². The van der Waals surface area contributed by atoms with Gasteiger partial charge in [-0.15, -0.1) is 0 Å². The highest BCUT2D eigenvalue weighted by molar-refractivity contribution is 7.85. The highest BCUT2D eigenvalue weighted by Gasteiger charge is 2.11. The Kier molecular flexibility index (Phi) is 4.94. The number of ether oxygens (including phenoxy) is 1. The molecule has 0 saturated heterocycles. The zero-order valence-electron chi connectivity index (χ0n) is 7.65. The highest BCUT2D eigenvalue weighted by Crippen LogP contribution is 2.02. The topological polar surface area (TPSA) is 83.5 Å². The summed E-state index contributed by atoms with van der Waals surface area (Å²) in [6.45, 7) is 3.14. The molecule has 5 nitrogen and oxygen atoms in total. The van der Waals surface area contributed by atoms with Crippen LogP contribution in [0.2, 0.25) is 0 Å². The molecule has 0 radical (unpaired) electrons. The van der Waals surface area contributed by atoms with Gasteiger partial charge in [0, 0.05) is 0 Å². The molecular weight excluding hydrogens is 196 g/mol. The van der Waals surface area contributed by atoms with Crippen molar-refractivity contribution in [1.29, 1.82) is 0 Å². The lowest BCUT2D eigenvalue weighted by molar-refractivity contribution is -0.147. The molecule has 0 saturated carbocycles. The van der Waals surface area contributed by atoms with E-state index >= 15 is 0 Å². The Balaban J connectivity index is 3.72. The lowest BCUT2D eigenvalue weighted by Gasteiger charge is -2.10. The molecule has 0 fully saturated rings. The Bertz CT molecular complexity index is 256. The smallest absolute Gasteiger partial charge is 0.308 e. The van der Waals surface area contributed by atoms with Crippen LogP contribution in [0.15, 0.2) is 0 Å². The summed E-state index contributed by atoms with van der Waals surface area (Å²) in [6, 6.07) is 0. The summed E-state index contributed by atoms with van der Waals surface area (Å²) in [5.41, 5.74) is 0. The van der Waals surface area contributed by atoms with Gasteiger partial charge in [0.1, 0.15) is 6.61 Å². The van der Waals surface area contributed by atoms with Crippen molar-refractivity contribution >= 4 is 16.1 Å². The van der Waals surface area contributed by atoms with Crippen LogP contribution in [-0.4, -0.2) is 31.3 Å². The maximum Gasteiger partial charge on any atom is 0.308 e. The van der Waals surface area contributed by atoms with Crippen LogP contribution in [0, 0.1) is 5.92 Å². The van der Waals surface area contributed by atoms with Gasteiger partial charge in [0.05, 0.1) is 21.8 Å². The molecule has 13 heavy (non-hydrogen) atoms. The fraction of sp³-hybridized carbons (Fsp3) is 0.857. The highest BCUT2D eigenvalue weighted by atomic mass is 32.2. The van der Waals surface area contributed by atoms with Crippen molar-refractivity contribution in [2.45, 2.75) is 20.3 Å². The van der Waals surface area contributed by atoms with Crippen LogP contribution < -0.4 is 0 Å². The lowest BCUT2D eigenvalue weighted by atomic mass is 10.1. The maximum absolute atomic E-state index is 10.9. The van der Waals surface area contributed by atoms with Crippen molar-refractivity contribution in [1.82, 2.24) is 0 Å². The number of rotatable bonds is 5. The second-order valence-electron chi connectivity index (χ2n) is 2.74. The molecule has 0 aliphatic heterocycles. The van der Waals surface area contributed by atoms with Crippen molar-refractivity contribution in [3.8, 4) is 0 Å². The molecule has 0 bridgehead atoms. The van der Waals surface area contributed by atoms with E-state index < -0.39 is 21.8 Å². The number of hydrogen-bond donors (Lipinski definition) is 0. The summed E-state index contributed by atoms with van der Waals surface area (Å²) in [7, 11) is -4.28. The summed E-state index contributed by atoms with van der Waals surface area (Å²) in [6.07, 6.45) is 0.628. The van der Waals surface area contributed by atoms with Gasteiger partial charge in [0.2, 0.25) is 0 Å². The quantitative estimate of drug-likeness (QED) is 0.474. The standard InChI is InChI=1S/C7H14O5S/c1-3-6(2)7(8)12-4-5-13(9,10)11/h6H,3-5H2,1-2H3,(H,9,10,11)/p-1. The van der Waals surface area contributed by atoms with Gasteiger partial charge >= 0.3 is 5.97 Å². The van der Waals surface area contributed by atoms with E-state index in [0.29, 0.717) is 6.42 Å². The average Bonchev–Trinajstić information content (AvgIpc) is 2.00. The van der Waals surface area contributed by atoms with E-state index in [-0.39, 0.29) is 12.5 Å². The molecule has 0 aromatic carbocycles. The Labute approximate surface area is 77.8 Å². The first kappa shape index (κ1) is 12.4. The van der Waals surface area contributed by atoms with Crippen molar-refractivity contribution < 1.29 is 22.5 Å². The van der Waals surface area contributed by atoms with E-state index in [1.54, 1.807) is 6.92 Å². The molecule has 0 N–H and O–H groups in total. The Morgan fingerprint density at radius 2 is 2.08 bits per heavy atom. The zero-order valence-corrected chi connectivity index (χ0v) is 8.46. The first-order valence-corrected chi connectivity index (χ1v) is 5.54. The molecule has 0 aromatic heterocycles. The first-order chi connectivity index (χ1) is 5.87. The van der Waals surface area contributed by atoms with Crippen molar-refractivity contribution in [2.24, 2.45) is 5.92 Å². The van der Waals surface area contributed by atoms with Crippen LogP contribution >= 0.6 is 0 Å². The third-order valence-corrected chi connectivity index (χ3v) is 2.26. The van der Waals surface area contributed by atoms with Crippen LogP contribution in [0.25, 0.3) is 0 Å². The molecule has 0 aromatic rings. The van der Waals surface area contributed by atoms with E-state index in [4.69, 9.17) is 0 Å². The first-order valence-electron chi connectivity index (χ1n) is 3.97. The van der Waals surface area contributed by atoms with E-state index in [0.717, 1.165) is 0 Å². The van der Waals surface area contributed by atoms with E-state index in [1.165, 1.54) is 0 Å². The van der Waals surface area contributed by atoms with Crippen molar-refractivity contribution in [3.05, 3.63) is 0 Å². The van der Waals surface area contributed by atoms with Crippen LogP contribution in [0.1, 0.15) is 20.3 Å². The Morgan fingerprint density at radius 1 is 1.54 bits per heavy atom. The summed E-state index contributed by atoms with van der Waals surface area (Å²) >= 11 is 0. The fourth-order valence-corrected chi connectivity index (χ4v) is 0.841. The van der Waals surface area contributed by atoms with Gasteiger partial charge in [-0.3, -0.25) is 4.79 Å². The molecule has 6 heteroatoms. The third kappa shape index (κ3) is 6.53. The SMILES string of the molecule is CCC(C)C(=O)OCCS(=O)(=O)[O-]. The Hall–Kier alpha value is -0.620. The molecule has 1 unspecified atom stereocenters. The van der Waals surface area contributed by atoms with Crippen LogP contribution in [0.3, 0.4) is 0 Å². The van der Waals surface area contributed by atoms with E-state index in [2.05, 4.69) is 4.74 Å². The van der Waals surface area contributed by atoms with E-state index in [9.17, 15) is 17.8 Å². The minimum atomic E-state index is -4.28. The molecule has 0 rings (SSSR count). The van der Waals surface area contributed by atoms with Crippen molar-refractivity contribution in [3.63, 3.8) is 0 Å². The third-order valence-electron chi connectivity index (χ3n) is 1.59. The summed E-state index contributed by atoms with van der Waals surface area (Å²) in [4.78, 5) is 10.9. The lowest BCUT2D eigenvalue weighted by Crippen LogP contribution is -2.19. The second kappa shape index (κ2) is 5.18. The van der Waals surface area contributed by atoms with Crippen LogP contribution in [0.5, 0.6) is 0 Å². The van der Waals surface area contributed by atoms with Gasteiger partial charge in [0.25, 0.3) is 0 Å². The van der Waals surface area contributed by atoms with Gasteiger partial charge in [-0.05, 0) is 6.42 Å². The fourth-order valence-electron chi connectivity index (χ4n) is 0.553. The summed E-state index contributed by atoms with van der Waals surface area (Å²) in [5, 5.41) is 0. The normalized spacial score (nSPS) is 13.8.